The molecule has 1 rings (SSSR count). The van der Waals surface area contributed by atoms with Gasteiger partial charge < -0.3 is 10.2 Å². The van der Waals surface area contributed by atoms with E-state index in [1.165, 1.54) is 0 Å². The maximum Gasteiger partial charge on any atom is 0.246 e. The van der Waals surface area contributed by atoms with E-state index in [1.807, 2.05) is 34.6 Å². The van der Waals surface area contributed by atoms with Crippen molar-refractivity contribution in [2.24, 2.45) is 5.92 Å². The molecule has 1 aliphatic rings. The molecular formula is C12H22N2O2. The van der Waals surface area contributed by atoms with E-state index >= 15 is 0 Å². The first-order chi connectivity index (χ1) is 7.16. The third-order valence-electron chi connectivity index (χ3n) is 2.96. The third kappa shape index (κ3) is 2.20. The van der Waals surface area contributed by atoms with Gasteiger partial charge in [0.2, 0.25) is 11.8 Å². The zero-order valence-corrected chi connectivity index (χ0v) is 11.0. The fourth-order valence-corrected chi connectivity index (χ4v) is 2.16. The minimum Gasteiger partial charge on any atom is -0.342 e. The first kappa shape index (κ1) is 13.0. The molecule has 1 fully saturated rings. The summed E-state index contributed by atoms with van der Waals surface area (Å²) in [5.41, 5.74) is -0.318. The summed E-state index contributed by atoms with van der Waals surface area (Å²) >= 11 is 0. The van der Waals surface area contributed by atoms with Crippen LogP contribution in [0.1, 0.15) is 41.5 Å². The number of nitrogens with one attached hydrogen (secondary N) is 1. The number of nitrogens with zero attached hydrogens (tertiary/aromatic N) is 1. The summed E-state index contributed by atoms with van der Waals surface area (Å²) in [6.07, 6.45) is 0. The Kier molecular flexibility index (Phi) is 3.31. The van der Waals surface area contributed by atoms with Crippen LogP contribution in [-0.4, -0.2) is 34.3 Å². The fraction of sp³-hybridized carbons (Fsp3) is 0.833. The van der Waals surface area contributed by atoms with Crippen LogP contribution in [-0.2, 0) is 9.59 Å². The van der Waals surface area contributed by atoms with Gasteiger partial charge in [0.15, 0.2) is 0 Å². The van der Waals surface area contributed by atoms with Crippen molar-refractivity contribution in [1.82, 2.24) is 10.2 Å². The summed E-state index contributed by atoms with van der Waals surface area (Å²) in [5.74, 6) is 0.0802. The molecule has 1 N–H and O–H groups in total. The van der Waals surface area contributed by atoms with Crippen LogP contribution in [0.25, 0.3) is 0 Å². The molecule has 2 atom stereocenters. The summed E-state index contributed by atoms with van der Waals surface area (Å²) in [4.78, 5) is 25.8. The monoisotopic (exact) mass is 226 g/mol. The predicted octanol–water partition coefficient (Wildman–Crippen LogP) is 1.16. The first-order valence-corrected chi connectivity index (χ1v) is 5.80. The van der Waals surface area contributed by atoms with Crippen molar-refractivity contribution in [1.29, 1.82) is 0 Å². The molecule has 0 radical (unpaired) electrons. The zero-order chi connectivity index (χ0) is 12.7. The lowest BCUT2D eigenvalue weighted by Gasteiger charge is -2.46. The van der Waals surface area contributed by atoms with Crippen LogP contribution < -0.4 is 5.32 Å². The van der Waals surface area contributed by atoms with Crippen molar-refractivity contribution in [3.63, 3.8) is 0 Å². The second-order valence-corrected chi connectivity index (χ2v) is 5.79. The highest BCUT2D eigenvalue weighted by molar-refractivity contribution is 5.97. The molecule has 1 heterocycles. The van der Waals surface area contributed by atoms with Crippen LogP contribution in [0.2, 0.25) is 0 Å². The number of rotatable bonds is 1. The topological polar surface area (TPSA) is 49.4 Å². The molecule has 2 unspecified atom stereocenters. The summed E-state index contributed by atoms with van der Waals surface area (Å²) in [7, 11) is 0. The molecule has 0 bridgehead atoms. The molecule has 0 aliphatic carbocycles. The van der Waals surface area contributed by atoms with Gasteiger partial charge in [-0.3, -0.25) is 9.59 Å². The van der Waals surface area contributed by atoms with E-state index < -0.39 is 0 Å². The second kappa shape index (κ2) is 4.07. The van der Waals surface area contributed by atoms with Gasteiger partial charge in [0.05, 0.1) is 0 Å². The smallest absolute Gasteiger partial charge is 0.246 e. The van der Waals surface area contributed by atoms with E-state index in [-0.39, 0.29) is 35.4 Å². The molecular weight excluding hydrogens is 204 g/mol. The first-order valence-electron chi connectivity index (χ1n) is 5.80. The van der Waals surface area contributed by atoms with Gasteiger partial charge in [0.1, 0.15) is 12.1 Å². The van der Waals surface area contributed by atoms with Gasteiger partial charge in [-0.2, -0.15) is 0 Å². The van der Waals surface area contributed by atoms with Gasteiger partial charge in [-0.05, 0) is 33.6 Å². The average molecular weight is 226 g/mol. The maximum atomic E-state index is 12.3. The van der Waals surface area contributed by atoms with E-state index in [2.05, 4.69) is 5.32 Å². The molecule has 92 valence electrons. The number of hydrogen-bond donors (Lipinski definition) is 1. The zero-order valence-electron chi connectivity index (χ0n) is 11.0. The SMILES string of the molecule is CC(C)C1NC(=O)C(C)N(C(C)(C)C)C1=O. The Hall–Kier alpha value is -1.06. The Morgan fingerprint density at radius 3 is 2.12 bits per heavy atom. The normalized spacial score (nSPS) is 27.3. The van der Waals surface area contributed by atoms with Crippen molar-refractivity contribution < 1.29 is 9.59 Å². The summed E-state index contributed by atoms with van der Waals surface area (Å²) < 4.78 is 0. The standard InChI is InChI=1S/C12H22N2O2/c1-7(2)9-11(16)14(12(4,5)6)8(3)10(15)13-9/h7-9H,1-6H3,(H,13,15). The maximum absolute atomic E-state index is 12.3. The molecule has 4 heteroatoms. The Balaban J connectivity index is 3.05. The molecule has 2 amide bonds. The Labute approximate surface area is 97.4 Å². The van der Waals surface area contributed by atoms with Crippen LogP contribution >= 0.6 is 0 Å². The van der Waals surface area contributed by atoms with Gasteiger partial charge >= 0.3 is 0 Å². The van der Waals surface area contributed by atoms with Gasteiger partial charge in [-0.1, -0.05) is 13.8 Å². The van der Waals surface area contributed by atoms with Crippen LogP contribution in [0.5, 0.6) is 0 Å². The molecule has 1 aliphatic heterocycles. The minimum atomic E-state index is -0.387. The van der Waals surface area contributed by atoms with E-state index in [0.717, 1.165) is 0 Å². The fourth-order valence-electron chi connectivity index (χ4n) is 2.16. The highest BCUT2D eigenvalue weighted by atomic mass is 16.2. The van der Waals surface area contributed by atoms with E-state index in [1.54, 1.807) is 11.8 Å². The van der Waals surface area contributed by atoms with Gasteiger partial charge in [-0.25, -0.2) is 0 Å². The quantitative estimate of drug-likeness (QED) is 0.729. The van der Waals surface area contributed by atoms with E-state index in [0.29, 0.717) is 0 Å². The van der Waals surface area contributed by atoms with E-state index in [9.17, 15) is 9.59 Å². The number of hydrogen-bond acceptors (Lipinski definition) is 2. The molecule has 0 spiro atoms. The highest BCUT2D eigenvalue weighted by Crippen LogP contribution is 2.23. The highest BCUT2D eigenvalue weighted by Gasteiger charge is 2.43. The molecule has 16 heavy (non-hydrogen) atoms. The molecule has 0 saturated carbocycles. The minimum absolute atomic E-state index is 0.0228. The molecule has 0 aromatic carbocycles. The van der Waals surface area contributed by atoms with Gasteiger partial charge in [-0.15, -0.1) is 0 Å². The Morgan fingerprint density at radius 1 is 1.25 bits per heavy atom. The summed E-state index contributed by atoms with van der Waals surface area (Å²) in [5, 5.41) is 2.79. The molecule has 1 saturated heterocycles. The Morgan fingerprint density at radius 2 is 1.75 bits per heavy atom. The number of amides is 2. The summed E-state index contributed by atoms with van der Waals surface area (Å²) in [6.45, 7) is 11.5. The lowest BCUT2D eigenvalue weighted by Crippen LogP contribution is -2.68. The number of piperazine rings is 1. The van der Waals surface area contributed by atoms with Crippen LogP contribution in [0.4, 0.5) is 0 Å². The van der Waals surface area contributed by atoms with Crippen molar-refractivity contribution in [3.8, 4) is 0 Å². The van der Waals surface area contributed by atoms with Crippen molar-refractivity contribution in [2.75, 3.05) is 0 Å². The molecule has 4 nitrogen and oxygen atoms in total. The van der Waals surface area contributed by atoms with Crippen molar-refractivity contribution in [3.05, 3.63) is 0 Å². The van der Waals surface area contributed by atoms with E-state index in [4.69, 9.17) is 0 Å². The van der Waals surface area contributed by atoms with Crippen LogP contribution in [0, 0.1) is 5.92 Å². The lowest BCUT2D eigenvalue weighted by atomic mass is 9.93. The van der Waals surface area contributed by atoms with Gasteiger partial charge in [0, 0.05) is 5.54 Å². The largest absolute Gasteiger partial charge is 0.342 e. The predicted molar refractivity (Wildman–Crippen MR) is 62.8 cm³/mol. The molecule has 0 aromatic heterocycles. The Bertz CT molecular complexity index is 305. The lowest BCUT2D eigenvalue weighted by molar-refractivity contribution is -0.155. The van der Waals surface area contributed by atoms with Crippen LogP contribution in [0.3, 0.4) is 0 Å². The summed E-state index contributed by atoms with van der Waals surface area (Å²) in [6, 6.07) is -0.773. The van der Waals surface area contributed by atoms with Crippen molar-refractivity contribution >= 4 is 11.8 Å². The average Bonchev–Trinajstić information content (AvgIpc) is 2.08. The van der Waals surface area contributed by atoms with Gasteiger partial charge in [0.25, 0.3) is 0 Å². The third-order valence-corrected chi connectivity index (χ3v) is 2.96. The molecule has 0 aromatic rings. The van der Waals surface area contributed by atoms with Crippen molar-refractivity contribution in [2.45, 2.75) is 59.2 Å². The van der Waals surface area contributed by atoms with Crippen LogP contribution in [0.15, 0.2) is 0 Å². The second-order valence-electron chi connectivity index (χ2n) is 5.79. The number of carbonyl (C=O) groups excluding carboxylic acids is 2. The number of carbonyl (C=O) groups is 2.